The van der Waals surface area contributed by atoms with E-state index in [0.29, 0.717) is 12.3 Å². The van der Waals surface area contributed by atoms with Crippen molar-refractivity contribution in [2.75, 3.05) is 13.7 Å². The summed E-state index contributed by atoms with van der Waals surface area (Å²) < 4.78 is 4.58. The number of aliphatic hydroxyl groups is 2. The molecule has 13 heteroatoms. The molecule has 0 aromatic heterocycles. The second-order valence-corrected chi connectivity index (χ2v) is 13.4. The van der Waals surface area contributed by atoms with E-state index in [1.807, 2.05) is 13.0 Å². The van der Waals surface area contributed by atoms with Gasteiger partial charge in [-0.25, -0.2) is 4.79 Å². The molecule has 0 aliphatic rings. The normalized spacial score (nSPS) is 15.9. The Morgan fingerprint density at radius 3 is 2.14 bits per heavy atom. The van der Waals surface area contributed by atoms with Gasteiger partial charge in [-0.2, -0.15) is 0 Å². The fourth-order valence-electron chi connectivity index (χ4n) is 4.87. The largest absolute Gasteiger partial charge is 0.467 e. The zero-order valence-corrected chi connectivity index (χ0v) is 31.1. The van der Waals surface area contributed by atoms with Crippen LogP contribution in [0.2, 0.25) is 0 Å². The number of ketones is 1. The molecular weight excluding hydrogens is 644 g/mol. The van der Waals surface area contributed by atoms with Crippen molar-refractivity contribution in [1.29, 1.82) is 0 Å². The van der Waals surface area contributed by atoms with Crippen LogP contribution in [0.15, 0.2) is 36.1 Å². The predicted octanol–water partition coefficient (Wildman–Crippen LogP) is 3.13. The summed E-state index contributed by atoms with van der Waals surface area (Å²) in [6.45, 7) is 14.5. The fraction of sp³-hybridized carbons (Fsp3) is 0.676. The zero-order chi connectivity index (χ0) is 38.4. The van der Waals surface area contributed by atoms with Crippen LogP contribution in [0.1, 0.15) is 106 Å². The smallest absolute Gasteiger partial charge is 0.328 e. The SMILES string of the molecule is C=C(NC(=O)[C@@H](C)[C@@H](O)CC[C@@H](C)C(=O)/C=C/C(C)=C/CC[C@H](C)CCCCCC)C(=O)NC[C@H](C)C(=O)N[C@H](C[C@@H](O)C(N)=O)C(=O)OC. The summed E-state index contributed by atoms with van der Waals surface area (Å²) in [6.07, 6.45) is 11.3. The number of carbonyl (C=O) groups excluding carboxylic acids is 6. The minimum atomic E-state index is -1.69. The van der Waals surface area contributed by atoms with Gasteiger partial charge in [0.15, 0.2) is 5.78 Å². The van der Waals surface area contributed by atoms with Crippen LogP contribution < -0.4 is 21.7 Å². The highest BCUT2D eigenvalue weighted by molar-refractivity contribution is 5.97. The van der Waals surface area contributed by atoms with Gasteiger partial charge in [-0.05, 0) is 44.6 Å². The molecule has 0 saturated heterocycles. The Morgan fingerprint density at radius 1 is 0.880 bits per heavy atom. The van der Waals surface area contributed by atoms with E-state index in [1.54, 1.807) is 13.0 Å². The second-order valence-electron chi connectivity index (χ2n) is 13.4. The Bertz CT molecular complexity index is 1200. The van der Waals surface area contributed by atoms with Crippen molar-refractivity contribution in [3.8, 4) is 0 Å². The maximum atomic E-state index is 12.7. The van der Waals surface area contributed by atoms with E-state index in [4.69, 9.17) is 5.73 Å². The first-order chi connectivity index (χ1) is 23.4. The molecule has 7 N–H and O–H groups in total. The Labute approximate surface area is 297 Å². The van der Waals surface area contributed by atoms with Crippen molar-refractivity contribution in [1.82, 2.24) is 16.0 Å². The van der Waals surface area contributed by atoms with E-state index in [0.717, 1.165) is 25.5 Å². The molecule has 0 aliphatic heterocycles. The van der Waals surface area contributed by atoms with Gasteiger partial charge in [0.1, 0.15) is 12.1 Å². The van der Waals surface area contributed by atoms with Crippen molar-refractivity contribution in [2.24, 2.45) is 29.4 Å². The van der Waals surface area contributed by atoms with Crippen LogP contribution in [0.5, 0.6) is 0 Å². The summed E-state index contributed by atoms with van der Waals surface area (Å²) in [6, 6.07) is -1.35. The summed E-state index contributed by atoms with van der Waals surface area (Å²) in [5, 5.41) is 27.4. The highest BCUT2D eigenvalue weighted by atomic mass is 16.5. The lowest BCUT2D eigenvalue weighted by Gasteiger charge is -2.21. The minimum absolute atomic E-state index is 0.0663. The summed E-state index contributed by atoms with van der Waals surface area (Å²) in [4.78, 5) is 73.5. The van der Waals surface area contributed by atoms with Crippen LogP contribution in [0.3, 0.4) is 0 Å². The van der Waals surface area contributed by atoms with Gasteiger partial charge in [0.05, 0.1) is 30.7 Å². The standard InChI is InChI=1S/C37H62N4O9/c1-9-10-11-12-14-23(2)15-13-16-24(3)17-19-30(42)25(4)18-20-31(43)27(6)35(47)40-28(7)36(48)39-22-26(5)34(46)41-29(37(49)50-8)21-32(44)33(38)45/h16-17,19,23,25-27,29,31-32,43-44H,7,9-15,18,20-22H2,1-6,8H3,(H2,38,45)(H,39,48)(H,40,47)(H,41,46)/b19-17+,24-16+/t23-,25-,26+,27+,29-,31+,32-/m1/s1. The molecular formula is C37H62N4O9. The number of amides is 4. The quantitative estimate of drug-likeness (QED) is 0.0337. The summed E-state index contributed by atoms with van der Waals surface area (Å²) >= 11 is 0. The highest BCUT2D eigenvalue weighted by Gasteiger charge is 2.29. The van der Waals surface area contributed by atoms with E-state index in [-0.39, 0.29) is 30.4 Å². The zero-order valence-electron chi connectivity index (χ0n) is 31.1. The Hall–Kier alpha value is -3.84. The molecule has 0 saturated carbocycles. The summed E-state index contributed by atoms with van der Waals surface area (Å²) in [7, 11) is 1.07. The van der Waals surface area contributed by atoms with Crippen molar-refractivity contribution in [2.45, 2.75) is 124 Å². The lowest BCUT2D eigenvalue weighted by Crippen LogP contribution is -2.49. The number of esters is 1. The maximum Gasteiger partial charge on any atom is 0.328 e. The topological polar surface area (TPSA) is 214 Å². The number of ether oxygens (including phenoxy) is 1. The monoisotopic (exact) mass is 706 g/mol. The number of primary amides is 1. The molecule has 0 aromatic rings. The molecule has 0 bridgehead atoms. The van der Waals surface area contributed by atoms with Crippen molar-refractivity contribution in [3.05, 3.63) is 36.1 Å². The number of nitrogens with one attached hydrogen (secondary N) is 3. The number of aliphatic hydroxyl groups excluding tert-OH is 2. The number of carbonyl (C=O) groups is 6. The van der Waals surface area contributed by atoms with Crippen LogP contribution in [0.4, 0.5) is 0 Å². The molecule has 0 rings (SSSR count). The van der Waals surface area contributed by atoms with Crippen LogP contribution in [-0.2, 0) is 33.5 Å². The van der Waals surface area contributed by atoms with Crippen molar-refractivity contribution < 1.29 is 43.7 Å². The minimum Gasteiger partial charge on any atom is -0.467 e. The number of rotatable bonds is 26. The van der Waals surface area contributed by atoms with E-state index in [2.05, 4.69) is 47.2 Å². The molecule has 4 amide bonds. The van der Waals surface area contributed by atoms with E-state index in [1.165, 1.54) is 46.0 Å². The maximum absolute atomic E-state index is 12.7. The van der Waals surface area contributed by atoms with Gasteiger partial charge in [-0.15, -0.1) is 0 Å². The van der Waals surface area contributed by atoms with Gasteiger partial charge in [0, 0.05) is 18.9 Å². The third kappa shape index (κ3) is 19.4. The number of nitrogens with two attached hydrogens (primary N) is 1. The molecule has 0 heterocycles. The Balaban J connectivity index is 4.72. The lowest BCUT2D eigenvalue weighted by atomic mass is 9.92. The first-order valence-electron chi connectivity index (χ1n) is 17.6. The summed E-state index contributed by atoms with van der Waals surface area (Å²) in [5.74, 6) is -5.62. The number of unbranched alkanes of at least 4 members (excludes halogenated alkanes) is 3. The Kier molecular flexibility index (Phi) is 23.2. The molecule has 284 valence electrons. The van der Waals surface area contributed by atoms with Crippen LogP contribution >= 0.6 is 0 Å². The van der Waals surface area contributed by atoms with Crippen molar-refractivity contribution in [3.63, 3.8) is 0 Å². The van der Waals surface area contributed by atoms with Gasteiger partial charge < -0.3 is 36.6 Å². The van der Waals surface area contributed by atoms with Gasteiger partial charge in [-0.3, -0.25) is 24.0 Å². The molecule has 0 radical (unpaired) electrons. The van der Waals surface area contributed by atoms with Gasteiger partial charge in [0.2, 0.25) is 17.7 Å². The van der Waals surface area contributed by atoms with Crippen LogP contribution in [0.25, 0.3) is 0 Å². The van der Waals surface area contributed by atoms with Crippen LogP contribution in [0, 0.1) is 23.7 Å². The first-order valence-corrected chi connectivity index (χ1v) is 17.6. The van der Waals surface area contributed by atoms with E-state index in [9.17, 15) is 39.0 Å². The molecule has 50 heavy (non-hydrogen) atoms. The average molecular weight is 707 g/mol. The van der Waals surface area contributed by atoms with Crippen molar-refractivity contribution >= 4 is 35.4 Å². The third-order valence-corrected chi connectivity index (χ3v) is 8.71. The lowest BCUT2D eigenvalue weighted by molar-refractivity contribution is -0.147. The molecule has 0 unspecified atom stereocenters. The molecule has 0 spiro atoms. The fourth-order valence-corrected chi connectivity index (χ4v) is 4.87. The van der Waals surface area contributed by atoms with Gasteiger partial charge >= 0.3 is 5.97 Å². The molecule has 0 aliphatic carbocycles. The molecule has 13 nitrogen and oxygen atoms in total. The van der Waals surface area contributed by atoms with Crippen LogP contribution in [-0.4, -0.2) is 77.5 Å². The molecule has 0 fully saturated rings. The first kappa shape index (κ1) is 46.2. The van der Waals surface area contributed by atoms with Gasteiger partial charge in [-0.1, -0.05) is 91.0 Å². The molecule has 7 atom stereocenters. The number of methoxy groups -OCH3 is 1. The van der Waals surface area contributed by atoms with E-state index >= 15 is 0 Å². The number of hydrogen-bond acceptors (Lipinski definition) is 9. The second kappa shape index (κ2) is 25.2. The third-order valence-electron chi connectivity index (χ3n) is 8.71. The summed E-state index contributed by atoms with van der Waals surface area (Å²) in [5.41, 5.74) is 5.73. The molecule has 0 aromatic carbocycles. The highest BCUT2D eigenvalue weighted by Crippen LogP contribution is 2.18. The Morgan fingerprint density at radius 2 is 1.54 bits per heavy atom. The number of hydrogen-bond donors (Lipinski definition) is 6. The number of allylic oxidation sites excluding steroid dienone is 4. The van der Waals surface area contributed by atoms with E-state index < -0.39 is 66.1 Å². The predicted molar refractivity (Wildman–Crippen MR) is 192 cm³/mol. The van der Waals surface area contributed by atoms with Gasteiger partial charge in [0.25, 0.3) is 5.91 Å². The average Bonchev–Trinajstić information content (AvgIpc) is 3.08.